The maximum atomic E-state index is 12.3. The van der Waals surface area contributed by atoms with Gasteiger partial charge in [0.15, 0.2) is 0 Å². The maximum absolute atomic E-state index is 12.3. The van der Waals surface area contributed by atoms with Crippen LogP contribution >= 0.6 is 0 Å². The van der Waals surface area contributed by atoms with Crippen LogP contribution in [0.1, 0.15) is 33.6 Å². The van der Waals surface area contributed by atoms with Gasteiger partial charge in [0.25, 0.3) is 0 Å². The molecule has 0 aromatic rings. The Morgan fingerprint density at radius 1 is 1.56 bits per heavy atom. The average Bonchev–Trinajstić information content (AvgIpc) is 2.75. The lowest BCUT2D eigenvalue weighted by Gasteiger charge is -2.32. The molecule has 0 radical (unpaired) electrons. The van der Waals surface area contributed by atoms with Crippen molar-refractivity contribution in [3.8, 4) is 0 Å². The molecule has 3 N–H and O–H groups in total. The van der Waals surface area contributed by atoms with Crippen molar-refractivity contribution < 1.29 is 9.90 Å². The highest BCUT2D eigenvalue weighted by atomic mass is 16.3. The van der Waals surface area contributed by atoms with Gasteiger partial charge in [-0.2, -0.15) is 0 Å². The number of nitrogens with one attached hydrogen (secondary N) is 2. The SMILES string of the molecule is CCC(CO)NC(=O)C1(C(C)C)CCNC1. The van der Waals surface area contributed by atoms with Crippen molar-refractivity contribution >= 4 is 5.91 Å². The lowest BCUT2D eigenvalue weighted by Crippen LogP contribution is -2.50. The number of hydrogen-bond acceptors (Lipinski definition) is 3. The fraction of sp³-hybridized carbons (Fsp3) is 0.917. The lowest BCUT2D eigenvalue weighted by molar-refractivity contribution is -0.133. The maximum Gasteiger partial charge on any atom is 0.228 e. The highest BCUT2D eigenvalue weighted by Crippen LogP contribution is 2.34. The monoisotopic (exact) mass is 228 g/mol. The summed E-state index contributed by atoms with van der Waals surface area (Å²) >= 11 is 0. The molecule has 1 fully saturated rings. The van der Waals surface area contributed by atoms with Crippen LogP contribution in [0.25, 0.3) is 0 Å². The van der Waals surface area contributed by atoms with Gasteiger partial charge in [-0.05, 0) is 25.3 Å². The van der Waals surface area contributed by atoms with E-state index in [0.29, 0.717) is 5.92 Å². The van der Waals surface area contributed by atoms with Crippen LogP contribution in [-0.4, -0.2) is 36.8 Å². The Labute approximate surface area is 97.8 Å². The smallest absolute Gasteiger partial charge is 0.228 e. The van der Waals surface area contributed by atoms with Crippen LogP contribution in [-0.2, 0) is 4.79 Å². The minimum atomic E-state index is -0.289. The summed E-state index contributed by atoms with van der Waals surface area (Å²) in [6.45, 7) is 7.82. The highest BCUT2D eigenvalue weighted by molar-refractivity contribution is 5.83. The largest absolute Gasteiger partial charge is 0.394 e. The quantitative estimate of drug-likeness (QED) is 0.642. The van der Waals surface area contributed by atoms with E-state index >= 15 is 0 Å². The minimum absolute atomic E-state index is 0.0177. The summed E-state index contributed by atoms with van der Waals surface area (Å²) in [5, 5.41) is 15.3. The summed E-state index contributed by atoms with van der Waals surface area (Å²) in [4.78, 5) is 12.3. The summed E-state index contributed by atoms with van der Waals surface area (Å²) in [5.74, 6) is 0.409. The molecule has 0 aliphatic carbocycles. The van der Waals surface area contributed by atoms with Crippen LogP contribution < -0.4 is 10.6 Å². The molecule has 1 amide bonds. The second kappa shape index (κ2) is 5.64. The Hall–Kier alpha value is -0.610. The molecule has 0 bridgehead atoms. The lowest BCUT2D eigenvalue weighted by atomic mass is 9.75. The van der Waals surface area contributed by atoms with Crippen molar-refractivity contribution in [1.82, 2.24) is 10.6 Å². The fourth-order valence-electron chi connectivity index (χ4n) is 2.27. The number of rotatable bonds is 5. The van der Waals surface area contributed by atoms with Crippen LogP contribution in [0.4, 0.5) is 0 Å². The predicted molar refractivity (Wildman–Crippen MR) is 64.1 cm³/mol. The normalized spacial score (nSPS) is 27.1. The third-order valence-corrected chi connectivity index (χ3v) is 3.79. The van der Waals surface area contributed by atoms with Gasteiger partial charge < -0.3 is 15.7 Å². The zero-order valence-corrected chi connectivity index (χ0v) is 10.5. The fourth-order valence-corrected chi connectivity index (χ4v) is 2.27. The van der Waals surface area contributed by atoms with Crippen molar-refractivity contribution in [2.24, 2.45) is 11.3 Å². The number of aliphatic hydroxyl groups excluding tert-OH is 1. The molecule has 0 spiro atoms. The molecule has 0 aromatic heterocycles. The zero-order valence-electron chi connectivity index (χ0n) is 10.5. The molecular formula is C12H24N2O2. The molecule has 4 nitrogen and oxygen atoms in total. The van der Waals surface area contributed by atoms with Crippen LogP contribution in [0, 0.1) is 11.3 Å². The summed E-state index contributed by atoms with van der Waals surface area (Å²) in [7, 11) is 0. The van der Waals surface area contributed by atoms with E-state index < -0.39 is 0 Å². The van der Waals surface area contributed by atoms with Crippen molar-refractivity contribution in [3.05, 3.63) is 0 Å². The molecule has 16 heavy (non-hydrogen) atoms. The van der Waals surface area contributed by atoms with E-state index in [1.807, 2.05) is 6.92 Å². The van der Waals surface area contributed by atoms with E-state index in [2.05, 4.69) is 24.5 Å². The number of hydrogen-bond donors (Lipinski definition) is 3. The molecule has 4 heteroatoms. The first kappa shape index (κ1) is 13.5. The highest BCUT2D eigenvalue weighted by Gasteiger charge is 2.44. The van der Waals surface area contributed by atoms with Gasteiger partial charge in [0, 0.05) is 6.54 Å². The van der Waals surface area contributed by atoms with Gasteiger partial charge in [-0.3, -0.25) is 4.79 Å². The van der Waals surface area contributed by atoms with Gasteiger partial charge in [0.1, 0.15) is 0 Å². The summed E-state index contributed by atoms with van der Waals surface area (Å²) in [6, 6.07) is -0.108. The van der Waals surface area contributed by atoms with Crippen molar-refractivity contribution in [2.75, 3.05) is 19.7 Å². The van der Waals surface area contributed by atoms with Gasteiger partial charge in [-0.25, -0.2) is 0 Å². The molecule has 1 saturated heterocycles. The summed E-state index contributed by atoms with van der Waals surface area (Å²) < 4.78 is 0. The van der Waals surface area contributed by atoms with Crippen LogP contribution in [0.15, 0.2) is 0 Å². The molecule has 0 saturated carbocycles. The van der Waals surface area contributed by atoms with E-state index in [0.717, 1.165) is 25.9 Å². The Bertz CT molecular complexity index is 231. The Kier molecular flexibility index (Phi) is 4.74. The van der Waals surface area contributed by atoms with Crippen LogP contribution in [0.2, 0.25) is 0 Å². The molecule has 0 aromatic carbocycles. The number of carbonyl (C=O) groups is 1. The van der Waals surface area contributed by atoms with Gasteiger partial charge in [-0.15, -0.1) is 0 Å². The van der Waals surface area contributed by atoms with Crippen LogP contribution in [0.3, 0.4) is 0 Å². The second-order valence-corrected chi connectivity index (χ2v) is 5.00. The van der Waals surface area contributed by atoms with Gasteiger partial charge >= 0.3 is 0 Å². The molecule has 2 unspecified atom stereocenters. The Morgan fingerprint density at radius 3 is 2.62 bits per heavy atom. The van der Waals surface area contributed by atoms with E-state index in [-0.39, 0.29) is 24.0 Å². The third-order valence-electron chi connectivity index (χ3n) is 3.79. The minimum Gasteiger partial charge on any atom is -0.394 e. The molecule has 1 aliphatic heterocycles. The first-order valence-electron chi connectivity index (χ1n) is 6.19. The van der Waals surface area contributed by atoms with Crippen LogP contribution in [0.5, 0.6) is 0 Å². The molecule has 1 aliphatic rings. The van der Waals surface area contributed by atoms with Gasteiger partial charge in [-0.1, -0.05) is 20.8 Å². The average molecular weight is 228 g/mol. The third kappa shape index (κ3) is 2.55. The van der Waals surface area contributed by atoms with Gasteiger partial charge in [0.05, 0.1) is 18.1 Å². The van der Waals surface area contributed by atoms with Crippen molar-refractivity contribution in [3.63, 3.8) is 0 Å². The second-order valence-electron chi connectivity index (χ2n) is 5.00. The molecular weight excluding hydrogens is 204 g/mol. The van der Waals surface area contributed by atoms with Gasteiger partial charge in [0.2, 0.25) is 5.91 Å². The molecule has 2 atom stereocenters. The predicted octanol–water partition coefficient (Wildman–Crippen LogP) is 0.509. The molecule has 94 valence electrons. The summed E-state index contributed by atoms with van der Waals surface area (Å²) in [6.07, 6.45) is 1.65. The van der Waals surface area contributed by atoms with Crippen molar-refractivity contribution in [2.45, 2.75) is 39.7 Å². The number of carbonyl (C=O) groups excluding carboxylic acids is 1. The number of amides is 1. The standard InChI is InChI=1S/C12H24N2O2/c1-4-10(7-15)14-11(16)12(9(2)3)5-6-13-8-12/h9-10,13,15H,4-8H2,1-3H3,(H,14,16). The molecule has 1 rings (SSSR count). The Morgan fingerprint density at radius 2 is 2.25 bits per heavy atom. The zero-order chi connectivity index (χ0) is 12.2. The van der Waals surface area contributed by atoms with Crippen molar-refractivity contribution in [1.29, 1.82) is 0 Å². The van der Waals surface area contributed by atoms with E-state index in [4.69, 9.17) is 5.11 Å². The first-order chi connectivity index (χ1) is 7.56. The summed E-state index contributed by atoms with van der Waals surface area (Å²) in [5.41, 5.74) is -0.289. The van der Waals surface area contributed by atoms with E-state index in [1.165, 1.54) is 0 Å². The van der Waals surface area contributed by atoms with E-state index in [9.17, 15) is 4.79 Å². The first-order valence-corrected chi connectivity index (χ1v) is 6.19. The Balaban J connectivity index is 2.69. The topological polar surface area (TPSA) is 61.4 Å². The molecule has 1 heterocycles. The number of aliphatic hydroxyl groups is 1. The van der Waals surface area contributed by atoms with E-state index in [1.54, 1.807) is 0 Å².